The molecule has 0 saturated carbocycles. The number of aliphatic hydroxyl groups excluding tert-OH is 3. The highest BCUT2D eigenvalue weighted by Gasteiger charge is 2.54. The van der Waals surface area contributed by atoms with Gasteiger partial charge in [-0.2, -0.15) is 0 Å². The van der Waals surface area contributed by atoms with Crippen LogP contribution in [0.3, 0.4) is 0 Å². The maximum atomic E-state index is 10.7. The lowest BCUT2D eigenvalue weighted by Crippen LogP contribution is -2.55. The van der Waals surface area contributed by atoms with Crippen molar-refractivity contribution < 1.29 is 24.8 Å². The fourth-order valence-electron chi connectivity index (χ4n) is 4.15. The van der Waals surface area contributed by atoms with Crippen LogP contribution in [0.15, 0.2) is 36.4 Å². The van der Waals surface area contributed by atoms with Gasteiger partial charge >= 0.3 is 0 Å². The molecule has 0 aromatic heterocycles. The van der Waals surface area contributed by atoms with Gasteiger partial charge in [0, 0.05) is 17.0 Å². The summed E-state index contributed by atoms with van der Waals surface area (Å²) < 4.78 is 11.9. The summed E-state index contributed by atoms with van der Waals surface area (Å²) in [6.07, 6.45) is -1.08. The highest BCUT2D eigenvalue weighted by atomic mass is 35.5. The molecule has 5 nitrogen and oxygen atoms in total. The summed E-state index contributed by atoms with van der Waals surface area (Å²) >= 11 is 6.52. The third-order valence-corrected chi connectivity index (χ3v) is 6.19. The second kappa shape index (κ2) is 7.75. The van der Waals surface area contributed by atoms with Crippen LogP contribution in [0, 0.1) is 0 Å². The molecular formula is C22H25ClO5. The van der Waals surface area contributed by atoms with Crippen LogP contribution in [0.4, 0.5) is 0 Å². The number of ether oxygens (including phenoxy) is 2. The Kier molecular flexibility index (Phi) is 5.49. The van der Waals surface area contributed by atoms with Crippen molar-refractivity contribution in [2.24, 2.45) is 0 Å². The SMILES string of the molecule is CCc1ccc(Cc2c(Cl)ccc3c2COC32OC(CO)[C@H](O)CC2O)cc1. The summed E-state index contributed by atoms with van der Waals surface area (Å²) in [6, 6.07) is 12.0. The zero-order valence-corrected chi connectivity index (χ0v) is 16.5. The molecule has 3 N–H and O–H groups in total. The van der Waals surface area contributed by atoms with Gasteiger partial charge in [-0.05, 0) is 41.2 Å². The average molecular weight is 405 g/mol. The number of rotatable bonds is 4. The van der Waals surface area contributed by atoms with Crippen molar-refractivity contribution in [1.29, 1.82) is 0 Å². The van der Waals surface area contributed by atoms with Crippen molar-refractivity contribution in [2.45, 2.75) is 56.9 Å². The molecule has 0 aliphatic carbocycles. The molecule has 1 spiro atoms. The third-order valence-electron chi connectivity index (χ3n) is 5.83. The summed E-state index contributed by atoms with van der Waals surface area (Å²) in [5.41, 5.74) is 4.99. The molecule has 2 aliphatic rings. The van der Waals surface area contributed by atoms with E-state index in [1.807, 2.05) is 6.07 Å². The van der Waals surface area contributed by atoms with Crippen molar-refractivity contribution in [3.63, 3.8) is 0 Å². The van der Waals surface area contributed by atoms with E-state index in [1.165, 1.54) is 5.56 Å². The van der Waals surface area contributed by atoms with Crippen LogP contribution >= 0.6 is 11.6 Å². The number of halogens is 1. The first kappa shape index (κ1) is 19.8. The summed E-state index contributed by atoms with van der Waals surface area (Å²) in [6.45, 7) is 2.03. The average Bonchev–Trinajstić information content (AvgIpc) is 3.07. The number of benzene rings is 2. The van der Waals surface area contributed by atoms with Crippen LogP contribution in [0.5, 0.6) is 0 Å². The van der Waals surface area contributed by atoms with E-state index in [4.69, 9.17) is 21.1 Å². The van der Waals surface area contributed by atoms with E-state index >= 15 is 0 Å². The van der Waals surface area contributed by atoms with Gasteiger partial charge in [-0.3, -0.25) is 0 Å². The van der Waals surface area contributed by atoms with Crippen LogP contribution in [0.1, 0.15) is 41.2 Å². The Morgan fingerprint density at radius 3 is 2.50 bits per heavy atom. The van der Waals surface area contributed by atoms with Gasteiger partial charge in [-0.25, -0.2) is 0 Å². The summed E-state index contributed by atoms with van der Waals surface area (Å²) in [4.78, 5) is 0. The molecule has 0 radical (unpaired) electrons. The van der Waals surface area contributed by atoms with Crippen molar-refractivity contribution in [3.05, 3.63) is 69.2 Å². The lowest BCUT2D eigenvalue weighted by Gasteiger charge is -2.43. The molecule has 4 atom stereocenters. The summed E-state index contributed by atoms with van der Waals surface area (Å²) in [5, 5.41) is 30.9. The monoisotopic (exact) mass is 404 g/mol. The van der Waals surface area contributed by atoms with Crippen LogP contribution in [-0.2, 0) is 34.7 Å². The maximum absolute atomic E-state index is 10.7. The smallest absolute Gasteiger partial charge is 0.223 e. The van der Waals surface area contributed by atoms with E-state index in [-0.39, 0.29) is 19.6 Å². The van der Waals surface area contributed by atoms with Gasteiger partial charge in [-0.15, -0.1) is 0 Å². The van der Waals surface area contributed by atoms with Crippen LogP contribution < -0.4 is 0 Å². The highest BCUT2D eigenvalue weighted by Crippen LogP contribution is 2.47. The van der Waals surface area contributed by atoms with Crippen LogP contribution in [0.25, 0.3) is 0 Å². The second-order valence-electron chi connectivity index (χ2n) is 7.51. The summed E-state index contributed by atoms with van der Waals surface area (Å²) in [7, 11) is 0. The minimum Gasteiger partial charge on any atom is -0.394 e. The Labute approximate surface area is 169 Å². The predicted octanol–water partition coefficient (Wildman–Crippen LogP) is 2.68. The molecule has 2 aliphatic heterocycles. The first-order valence-corrected chi connectivity index (χ1v) is 10.0. The molecule has 4 rings (SSSR count). The molecule has 6 heteroatoms. The molecule has 2 heterocycles. The van der Waals surface area contributed by atoms with Crippen molar-refractivity contribution in [3.8, 4) is 0 Å². The summed E-state index contributed by atoms with van der Waals surface area (Å²) in [5.74, 6) is -1.38. The highest BCUT2D eigenvalue weighted by molar-refractivity contribution is 6.31. The number of aryl methyl sites for hydroxylation is 1. The Balaban J connectivity index is 1.70. The maximum Gasteiger partial charge on any atom is 0.223 e. The molecule has 28 heavy (non-hydrogen) atoms. The molecule has 1 saturated heterocycles. The number of aliphatic hydroxyl groups is 3. The molecule has 150 valence electrons. The van der Waals surface area contributed by atoms with Gasteiger partial charge in [0.05, 0.1) is 19.3 Å². The Morgan fingerprint density at radius 1 is 1.11 bits per heavy atom. The fourth-order valence-corrected chi connectivity index (χ4v) is 4.39. The fraction of sp³-hybridized carbons (Fsp3) is 0.455. The van der Waals surface area contributed by atoms with Crippen LogP contribution in [0.2, 0.25) is 5.02 Å². The lowest BCUT2D eigenvalue weighted by molar-refractivity contribution is -0.345. The molecule has 1 fully saturated rings. The van der Waals surface area contributed by atoms with E-state index < -0.39 is 24.1 Å². The van der Waals surface area contributed by atoms with Crippen LogP contribution in [-0.4, -0.2) is 40.2 Å². The first-order chi connectivity index (χ1) is 13.5. The molecule has 0 bridgehead atoms. The zero-order valence-electron chi connectivity index (χ0n) is 15.8. The zero-order chi connectivity index (χ0) is 19.9. The van der Waals surface area contributed by atoms with Gasteiger partial charge in [0.1, 0.15) is 12.2 Å². The van der Waals surface area contributed by atoms with E-state index in [2.05, 4.69) is 31.2 Å². The van der Waals surface area contributed by atoms with E-state index in [0.717, 1.165) is 28.7 Å². The van der Waals surface area contributed by atoms with Gasteiger partial charge in [0.25, 0.3) is 0 Å². The van der Waals surface area contributed by atoms with Crippen molar-refractivity contribution >= 4 is 11.6 Å². The molecule has 2 aromatic rings. The Hall–Kier alpha value is -1.47. The molecule has 3 unspecified atom stereocenters. The van der Waals surface area contributed by atoms with E-state index in [1.54, 1.807) is 6.07 Å². The molecule has 2 aromatic carbocycles. The number of fused-ring (bicyclic) bond motifs is 2. The molecular weight excluding hydrogens is 380 g/mol. The largest absolute Gasteiger partial charge is 0.394 e. The van der Waals surface area contributed by atoms with Gasteiger partial charge in [-0.1, -0.05) is 48.9 Å². The predicted molar refractivity (Wildman–Crippen MR) is 105 cm³/mol. The van der Waals surface area contributed by atoms with Crippen molar-refractivity contribution in [2.75, 3.05) is 6.61 Å². The van der Waals surface area contributed by atoms with E-state index in [0.29, 0.717) is 11.4 Å². The normalized spacial score (nSPS) is 29.2. The lowest BCUT2D eigenvalue weighted by atomic mass is 9.87. The second-order valence-corrected chi connectivity index (χ2v) is 7.92. The minimum atomic E-state index is -1.38. The van der Waals surface area contributed by atoms with Gasteiger partial charge in [0.2, 0.25) is 5.79 Å². The minimum absolute atomic E-state index is 0.0705. The molecule has 0 amide bonds. The Bertz CT molecular complexity index is 853. The Morgan fingerprint density at radius 2 is 1.82 bits per heavy atom. The standard InChI is InChI=1S/C22H25ClO5/c1-2-13-3-5-14(6-4-13)9-15-16-12-27-22(17(16)7-8-18(15)23)21(26)10-19(25)20(11-24)28-22/h3-8,19-21,24-26H,2,9-12H2,1H3/t19-,20?,21?,22?/m1/s1. The van der Waals surface area contributed by atoms with Gasteiger partial charge < -0.3 is 24.8 Å². The van der Waals surface area contributed by atoms with Crippen molar-refractivity contribution in [1.82, 2.24) is 0 Å². The van der Waals surface area contributed by atoms with E-state index in [9.17, 15) is 15.3 Å². The number of hydrogen-bond acceptors (Lipinski definition) is 5. The quantitative estimate of drug-likeness (QED) is 0.730. The first-order valence-electron chi connectivity index (χ1n) is 9.65. The van der Waals surface area contributed by atoms with Gasteiger partial charge in [0.15, 0.2) is 0 Å². The third kappa shape index (κ3) is 3.26. The topological polar surface area (TPSA) is 79.2 Å². The number of hydrogen-bond donors (Lipinski definition) is 3.